The fraction of sp³-hybridized carbons (Fsp3) is 0.333. The van der Waals surface area contributed by atoms with E-state index in [1.165, 1.54) is 20.1 Å². The monoisotopic (exact) mass is 295 g/mol. The van der Waals surface area contributed by atoms with E-state index in [2.05, 4.69) is 9.72 Å². The minimum atomic E-state index is -0.793. The van der Waals surface area contributed by atoms with Gasteiger partial charge in [-0.3, -0.25) is 0 Å². The molecule has 0 aliphatic carbocycles. The molecule has 0 saturated carbocycles. The Labute approximate surface area is 120 Å². The second-order valence-electron chi connectivity index (χ2n) is 4.62. The van der Waals surface area contributed by atoms with Crippen LogP contribution in [0.3, 0.4) is 0 Å². The molecule has 0 N–H and O–H groups in total. The number of methoxy groups -OCH3 is 1. The summed E-state index contributed by atoms with van der Waals surface area (Å²) in [5, 5.41) is 0. The fourth-order valence-corrected chi connectivity index (χ4v) is 1.95. The van der Waals surface area contributed by atoms with Crippen LogP contribution in [0.1, 0.15) is 35.2 Å². The number of benzene rings is 1. The van der Waals surface area contributed by atoms with E-state index < -0.39 is 17.6 Å². The molecule has 4 nitrogen and oxygen atoms in total. The van der Waals surface area contributed by atoms with Gasteiger partial charge in [-0.25, -0.2) is 18.6 Å². The first-order valence-electron chi connectivity index (χ1n) is 6.52. The number of aryl methyl sites for hydroxylation is 2. The lowest BCUT2D eigenvalue weighted by Gasteiger charge is -2.01. The van der Waals surface area contributed by atoms with E-state index in [9.17, 15) is 13.6 Å². The minimum absolute atomic E-state index is 0.0152. The highest BCUT2D eigenvalue weighted by molar-refractivity contribution is 5.88. The summed E-state index contributed by atoms with van der Waals surface area (Å²) in [6, 6.07) is 2.07. The molecule has 0 saturated heterocycles. The smallest absolute Gasteiger partial charge is 0.376 e. The van der Waals surface area contributed by atoms with Gasteiger partial charge in [0.05, 0.1) is 18.4 Å². The molecule has 0 amide bonds. The molecule has 2 aromatic rings. The third kappa shape index (κ3) is 2.94. The van der Waals surface area contributed by atoms with Gasteiger partial charge in [0.1, 0.15) is 11.6 Å². The van der Waals surface area contributed by atoms with Crippen molar-refractivity contribution < 1.29 is 22.7 Å². The van der Waals surface area contributed by atoms with E-state index >= 15 is 0 Å². The Balaban J connectivity index is 2.54. The summed E-state index contributed by atoms with van der Waals surface area (Å²) >= 11 is 0. The van der Waals surface area contributed by atoms with Gasteiger partial charge in [-0.1, -0.05) is 13.3 Å². The van der Waals surface area contributed by atoms with Crippen molar-refractivity contribution in [3.05, 3.63) is 40.8 Å². The van der Waals surface area contributed by atoms with Crippen molar-refractivity contribution in [3.8, 4) is 11.5 Å². The number of hydrogen-bond donors (Lipinski definition) is 0. The Morgan fingerprint density at radius 2 is 2.05 bits per heavy atom. The molecule has 0 unspecified atom stereocenters. The molecule has 112 valence electrons. The summed E-state index contributed by atoms with van der Waals surface area (Å²) in [7, 11) is 1.23. The molecule has 2 rings (SSSR count). The molecule has 0 fully saturated rings. The van der Waals surface area contributed by atoms with E-state index in [0.29, 0.717) is 12.1 Å². The number of rotatable bonds is 4. The quantitative estimate of drug-likeness (QED) is 0.808. The number of carbonyl (C=O) groups excluding carboxylic acids is 1. The van der Waals surface area contributed by atoms with Crippen molar-refractivity contribution in [3.63, 3.8) is 0 Å². The van der Waals surface area contributed by atoms with E-state index in [1.54, 1.807) is 0 Å². The lowest BCUT2D eigenvalue weighted by molar-refractivity contribution is 0.0564. The predicted octanol–water partition coefficient (Wildman–Crippen LogP) is 3.67. The summed E-state index contributed by atoms with van der Waals surface area (Å²) in [5.74, 6) is -2.21. The van der Waals surface area contributed by atoms with Gasteiger partial charge in [0.25, 0.3) is 0 Å². The van der Waals surface area contributed by atoms with Gasteiger partial charge in [-0.05, 0) is 25.0 Å². The standard InChI is InChI=1S/C15H15F2NO3/c1-4-5-12-13(15(19)20-3)21-14(18-12)9-6-8(2)10(16)7-11(9)17/h6-7H,4-5H2,1-3H3. The highest BCUT2D eigenvalue weighted by Crippen LogP contribution is 2.27. The van der Waals surface area contributed by atoms with Gasteiger partial charge < -0.3 is 9.15 Å². The van der Waals surface area contributed by atoms with Crippen molar-refractivity contribution in [1.29, 1.82) is 0 Å². The maximum atomic E-state index is 13.9. The van der Waals surface area contributed by atoms with Crippen LogP contribution in [-0.4, -0.2) is 18.1 Å². The van der Waals surface area contributed by atoms with Gasteiger partial charge in [0, 0.05) is 6.07 Å². The largest absolute Gasteiger partial charge is 0.463 e. The van der Waals surface area contributed by atoms with Gasteiger partial charge in [-0.15, -0.1) is 0 Å². The Bertz CT molecular complexity index is 680. The first-order chi connectivity index (χ1) is 9.97. The second-order valence-corrected chi connectivity index (χ2v) is 4.62. The fourth-order valence-electron chi connectivity index (χ4n) is 1.95. The first-order valence-corrected chi connectivity index (χ1v) is 6.52. The Morgan fingerprint density at radius 3 is 2.67 bits per heavy atom. The Hall–Kier alpha value is -2.24. The van der Waals surface area contributed by atoms with Crippen molar-refractivity contribution >= 4 is 5.97 Å². The third-order valence-corrected chi connectivity index (χ3v) is 3.03. The van der Waals surface area contributed by atoms with Crippen LogP contribution < -0.4 is 0 Å². The zero-order chi connectivity index (χ0) is 15.6. The summed E-state index contributed by atoms with van der Waals surface area (Å²) < 4.78 is 37.1. The van der Waals surface area contributed by atoms with E-state index in [-0.39, 0.29) is 22.8 Å². The Kier molecular flexibility index (Phi) is 4.35. The molecule has 0 radical (unpaired) electrons. The van der Waals surface area contributed by atoms with Crippen LogP contribution >= 0.6 is 0 Å². The number of ether oxygens (including phenoxy) is 1. The zero-order valence-corrected chi connectivity index (χ0v) is 12.0. The van der Waals surface area contributed by atoms with Crippen molar-refractivity contribution in [2.75, 3.05) is 7.11 Å². The van der Waals surface area contributed by atoms with Gasteiger partial charge in [-0.2, -0.15) is 0 Å². The maximum absolute atomic E-state index is 13.9. The highest BCUT2D eigenvalue weighted by atomic mass is 19.1. The molecule has 0 aliphatic rings. The predicted molar refractivity (Wildman–Crippen MR) is 71.9 cm³/mol. The molecule has 1 heterocycles. The number of aromatic nitrogens is 1. The number of oxazole rings is 1. The van der Waals surface area contributed by atoms with Gasteiger partial charge in [0.15, 0.2) is 0 Å². The number of nitrogens with zero attached hydrogens (tertiary/aromatic N) is 1. The lowest BCUT2D eigenvalue weighted by atomic mass is 10.1. The topological polar surface area (TPSA) is 52.3 Å². The zero-order valence-electron chi connectivity index (χ0n) is 12.0. The molecule has 0 bridgehead atoms. The normalized spacial score (nSPS) is 10.7. The molecule has 1 aromatic heterocycles. The van der Waals surface area contributed by atoms with Crippen LogP contribution in [0.4, 0.5) is 8.78 Å². The second kappa shape index (κ2) is 6.03. The molecule has 6 heteroatoms. The average Bonchev–Trinajstić information content (AvgIpc) is 2.86. The first kappa shape index (κ1) is 15.2. The van der Waals surface area contributed by atoms with Crippen LogP contribution in [0.2, 0.25) is 0 Å². The number of esters is 1. The molecule has 0 atom stereocenters. The molecule has 1 aromatic carbocycles. The van der Waals surface area contributed by atoms with Crippen LogP contribution in [0.25, 0.3) is 11.5 Å². The van der Waals surface area contributed by atoms with Crippen LogP contribution in [0, 0.1) is 18.6 Å². The summed E-state index contributed by atoms with van der Waals surface area (Å²) in [5.41, 5.74) is 0.684. The van der Waals surface area contributed by atoms with Crippen LogP contribution in [0.15, 0.2) is 16.5 Å². The van der Waals surface area contributed by atoms with Crippen LogP contribution in [0.5, 0.6) is 0 Å². The minimum Gasteiger partial charge on any atom is -0.463 e. The lowest BCUT2D eigenvalue weighted by Crippen LogP contribution is -2.03. The summed E-state index contributed by atoms with van der Waals surface area (Å²) in [4.78, 5) is 15.8. The number of halogens is 2. The SMILES string of the molecule is CCCc1nc(-c2cc(C)c(F)cc2F)oc1C(=O)OC. The maximum Gasteiger partial charge on any atom is 0.376 e. The van der Waals surface area contributed by atoms with E-state index in [1.807, 2.05) is 6.92 Å². The van der Waals surface area contributed by atoms with E-state index in [0.717, 1.165) is 12.5 Å². The highest BCUT2D eigenvalue weighted by Gasteiger charge is 2.23. The molecular weight excluding hydrogens is 280 g/mol. The summed E-state index contributed by atoms with van der Waals surface area (Å²) in [6.07, 6.45) is 1.23. The van der Waals surface area contributed by atoms with E-state index in [4.69, 9.17) is 4.42 Å². The molecular formula is C15H15F2NO3. The Morgan fingerprint density at radius 1 is 1.33 bits per heavy atom. The third-order valence-electron chi connectivity index (χ3n) is 3.03. The molecule has 0 aliphatic heterocycles. The van der Waals surface area contributed by atoms with Crippen molar-refractivity contribution in [2.24, 2.45) is 0 Å². The average molecular weight is 295 g/mol. The molecule has 21 heavy (non-hydrogen) atoms. The van der Waals surface area contributed by atoms with Crippen molar-refractivity contribution in [2.45, 2.75) is 26.7 Å². The van der Waals surface area contributed by atoms with Gasteiger partial charge >= 0.3 is 5.97 Å². The number of hydrogen-bond acceptors (Lipinski definition) is 4. The van der Waals surface area contributed by atoms with Crippen molar-refractivity contribution in [1.82, 2.24) is 4.98 Å². The molecule has 0 spiro atoms. The summed E-state index contributed by atoms with van der Waals surface area (Å²) in [6.45, 7) is 3.42. The van der Waals surface area contributed by atoms with Gasteiger partial charge in [0.2, 0.25) is 11.7 Å². The number of carbonyl (C=O) groups is 1. The van der Waals surface area contributed by atoms with Crippen LogP contribution in [-0.2, 0) is 11.2 Å².